The first-order chi connectivity index (χ1) is 18.5. The quantitative estimate of drug-likeness (QED) is 0.114. The Balaban J connectivity index is 1.45. The molecule has 4 rings (SSSR count). The number of hydrogen-bond acceptors (Lipinski definition) is 7. The van der Waals surface area contributed by atoms with Crippen molar-refractivity contribution in [2.75, 3.05) is 22.6 Å². The number of carbonyl (C=O) groups excluding carboxylic acids is 2. The van der Waals surface area contributed by atoms with E-state index in [4.69, 9.17) is 17.0 Å². The molecule has 0 aliphatic rings. The number of anilines is 3. The first-order valence-corrected chi connectivity index (χ1v) is 14.0. The normalized spacial score (nSPS) is 11.3. The molecule has 1 atom stereocenters. The van der Waals surface area contributed by atoms with E-state index in [2.05, 4.69) is 20.9 Å². The number of rotatable bonds is 10. The fraction of sp³-hybridized carbons (Fsp3) is 0.143. The highest BCUT2D eigenvalue weighted by molar-refractivity contribution is 8.00. The highest BCUT2D eigenvalue weighted by atomic mass is 32.2. The van der Waals surface area contributed by atoms with Crippen molar-refractivity contribution in [3.05, 3.63) is 102 Å². The van der Waals surface area contributed by atoms with Crippen LogP contribution in [0.2, 0.25) is 0 Å². The number of benzene rings is 3. The summed E-state index contributed by atoms with van der Waals surface area (Å²) in [7, 11) is 0. The van der Waals surface area contributed by atoms with Gasteiger partial charge in [-0.05, 0) is 55.0 Å². The van der Waals surface area contributed by atoms with Crippen molar-refractivity contribution in [2.45, 2.75) is 23.5 Å². The molecule has 0 fully saturated rings. The summed E-state index contributed by atoms with van der Waals surface area (Å²) in [5.41, 5.74) is 3.12. The van der Waals surface area contributed by atoms with Crippen molar-refractivity contribution in [3.63, 3.8) is 0 Å². The summed E-state index contributed by atoms with van der Waals surface area (Å²) in [6.07, 6.45) is 0.0673. The van der Waals surface area contributed by atoms with Crippen LogP contribution in [0.1, 0.15) is 23.4 Å². The third-order valence-corrected chi connectivity index (χ3v) is 7.39. The molecule has 194 valence electrons. The average Bonchev–Trinajstić information content (AvgIpc) is 3.35. The molecule has 4 aromatic rings. The maximum Gasteiger partial charge on any atom is 0.311 e. The van der Waals surface area contributed by atoms with Crippen LogP contribution in [-0.2, 0) is 20.7 Å². The van der Waals surface area contributed by atoms with Gasteiger partial charge in [0.2, 0.25) is 5.91 Å². The molecular formula is C28H26N4O3S3. The van der Waals surface area contributed by atoms with Crippen LogP contribution in [0, 0.1) is 0 Å². The Morgan fingerprint density at radius 1 is 0.947 bits per heavy atom. The molecule has 1 heterocycles. The number of thiazole rings is 1. The van der Waals surface area contributed by atoms with Gasteiger partial charge in [0.25, 0.3) is 0 Å². The minimum absolute atomic E-state index is 0.0673. The van der Waals surface area contributed by atoms with Gasteiger partial charge < -0.3 is 20.7 Å². The van der Waals surface area contributed by atoms with E-state index in [1.807, 2.05) is 84.9 Å². The lowest BCUT2D eigenvalue weighted by Gasteiger charge is -2.17. The van der Waals surface area contributed by atoms with Gasteiger partial charge >= 0.3 is 5.97 Å². The SMILES string of the molecule is CCOC(=O)Cc1csc(NC(=O)C(Sc2cccc(NC(=S)Nc3ccccc3)c2)c2ccccc2)n1. The second-order valence-electron chi connectivity index (χ2n) is 8.00. The van der Waals surface area contributed by atoms with E-state index in [0.717, 1.165) is 21.8 Å². The van der Waals surface area contributed by atoms with Gasteiger partial charge in [-0.1, -0.05) is 54.6 Å². The van der Waals surface area contributed by atoms with Crippen LogP contribution in [-0.4, -0.2) is 28.6 Å². The molecule has 7 nitrogen and oxygen atoms in total. The van der Waals surface area contributed by atoms with Crippen LogP contribution in [0.15, 0.2) is 95.2 Å². The van der Waals surface area contributed by atoms with E-state index < -0.39 is 5.25 Å². The Hall–Kier alpha value is -3.73. The number of carbonyl (C=O) groups is 2. The van der Waals surface area contributed by atoms with E-state index >= 15 is 0 Å². The van der Waals surface area contributed by atoms with Crippen LogP contribution < -0.4 is 16.0 Å². The van der Waals surface area contributed by atoms with Crippen LogP contribution in [0.5, 0.6) is 0 Å². The lowest BCUT2D eigenvalue weighted by molar-refractivity contribution is -0.142. The largest absolute Gasteiger partial charge is 0.466 e. The Morgan fingerprint density at radius 2 is 1.63 bits per heavy atom. The predicted octanol–water partition coefficient (Wildman–Crippen LogP) is 6.53. The lowest BCUT2D eigenvalue weighted by atomic mass is 10.1. The number of nitrogens with one attached hydrogen (secondary N) is 3. The topological polar surface area (TPSA) is 92.3 Å². The fourth-order valence-corrected chi connectivity index (χ4v) is 5.51. The van der Waals surface area contributed by atoms with E-state index in [9.17, 15) is 9.59 Å². The molecule has 3 aromatic carbocycles. The number of thiocarbonyl (C=S) groups is 1. The van der Waals surface area contributed by atoms with Crippen LogP contribution in [0.25, 0.3) is 0 Å². The summed E-state index contributed by atoms with van der Waals surface area (Å²) in [6.45, 7) is 2.07. The summed E-state index contributed by atoms with van der Waals surface area (Å²) in [4.78, 5) is 30.4. The van der Waals surface area contributed by atoms with Gasteiger partial charge in [-0.15, -0.1) is 23.1 Å². The zero-order valence-corrected chi connectivity index (χ0v) is 23.0. The number of aromatic nitrogens is 1. The second-order valence-corrected chi connectivity index (χ2v) is 10.4. The standard InChI is InChI=1S/C28H26N4O3S3/c1-2-35-24(33)17-22-18-37-28(31-22)32-26(34)25(19-10-5-3-6-11-19)38-23-15-9-14-21(16-23)30-27(36)29-20-12-7-4-8-13-20/h3-16,18,25H,2,17H2,1H3,(H2,29,30,36)(H,31,32,34). The predicted molar refractivity (Wildman–Crippen MR) is 159 cm³/mol. The van der Waals surface area contributed by atoms with Crippen molar-refractivity contribution in [3.8, 4) is 0 Å². The van der Waals surface area contributed by atoms with Crippen molar-refractivity contribution >= 4 is 68.8 Å². The number of esters is 1. The number of amides is 1. The molecule has 0 spiro atoms. The summed E-state index contributed by atoms with van der Waals surface area (Å²) < 4.78 is 4.98. The highest BCUT2D eigenvalue weighted by Gasteiger charge is 2.23. The first kappa shape index (κ1) is 27.3. The second kappa shape index (κ2) is 13.7. The molecule has 0 saturated heterocycles. The molecular weight excluding hydrogens is 537 g/mol. The third-order valence-electron chi connectivity index (χ3n) is 5.13. The van der Waals surface area contributed by atoms with Crippen molar-refractivity contribution < 1.29 is 14.3 Å². The summed E-state index contributed by atoms with van der Waals surface area (Å²) in [5, 5.41) is 11.4. The molecule has 1 aromatic heterocycles. The maximum atomic E-state index is 13.4. The minimum Gasteiger partial charge on any atom is -0.466 e. The highest BCUT2D eigenvalue weighted by Crippen LogP contribution is 2.37. The number of thioether (sulfide) groups is 1. The van der Waals surface area contributed by atoms with Gasteiger partial charge in [0.15, 0.2) is 10.2 Å². The van der Waals surface area contributed by atoms with Gasteiger partial charge in [-0.25, -0.2) is 4.98 Å². The maximum absolute atomic E-state index is 13.4. The zero-order chi connectivity index (χ0) is 26.7. The first-order valence-electron chi connectivity index (χ1n) is 11.9. The zero-order valence-electron chi connectivity index (χ0n) is 20.5. The molecule has 0 aliphatic heterocycles. The van der Waals surface area contributed by atoms with E-state index in [1.165, 1.54) is 23.1 Å². The number of hydrogen-bond donors (Lipinski definition) is 3. The van der Waals surface area contributed by atoms with Crippen molar-refractivity contribution in [1.82, 2.24) is 4.98 Å². The molecule has 10 heteroatoms. The molecule has 0 bridgehead atoms. The molecule has 3 N–H and O–H groups in total. The number of para-hydroxylation sites is 1. The lowest BCUT2D eigenvalue weighted by Crippen LogP contribution is -2.19. The van der Waals surface area contributed by atoms with Crippen LogP contribution in [0.4, 0.5) is 16.5 Å². The summed E-state index contributed by atoms with van der Waals surface area (Å²) >= 11 is 8.16. The van der Waals surface area contributed by atoms with E-state index in [0.29, 0.717) is 22.5 Å². The molecule has 0 aliphatic carbocycles. The molecule has 0 radical (unpaired) electrons. The summed E-state index contributed by atoms with van der Waals surface area (Å²) in [6, 6.07) is 27.0. The Morgan fingerprint density at radius 3 is 2.37 bits per heavy atom. The van der Waals surface area contributed by atoms with Gasteiger partial charge in [0.05, 0.1) is 18.7 Å². The average molecular weight is 563 g/mol. The molecule has 0 saturated carbocycles. The van der Waals surface area contributed by atoms with Crippen LogP contribution >= 0.6 is 35.3 Å². The van der Waals surface area contributed by atoms with Gasteiger partial charge in [0.1, 0.15) is 5.25 Å². The van der Waals surface area contributed by atoms with Crippen LogP contribution in [0.3, 0.4) is 0 Å². The Bertz CT molecular complexity index is 1380. The monoisotopic (exact) mass is 562 g/mol. The molecule has 38 heavy (non-hydrogen) atoms. The third kappa shape index (κ3) is 8.14. The Labute approximate surface area is 235 Å². The van der Waals surface area contributed by atoms with Crippen molar-refractivity contribution in [1.29, 1.82) is 0 Å². The smallest absolute Gasteiger partial charge is 0.311 e. The summed E-state index contributed by atoms with van der Waals surface area (Å²) in [5.74, 6) is -0.557. The minimum atomic E-state index is -0.529. The van der Waals surface area contributed by atoms with Gasteiger partial charge in [-0.3, -0.25) is 9.59 Å². The Kier molecular flexibility index (Phi) is 9.85. The van der Waals surface area contributed by atoms with E-state index in [1.54, 1.807) is 12.3 Å². The van der Waals surface area contributed by atoms with Gasteiger partial charge in [0, 0.05) is 21.7 Å². The van der Waals surface area contributed by atoms with Gasteiger partial charge in [-0.2, -0.15) is 0 Å². The van der Waals surface area contributed by atoms with Crippen molar-refractivity contribution in [2.24, 2.45) is 0 Å². The fourth-order valence-electron chi connectivity index (χ4n) is 3.48. The number of ether oxygens (including phenoxy) is 1. The van der Waals surface area contributed by atoms with E-state index in [-0.39, 0.29) is 18.3 Å². The number of nitrogens with zero attached hydrogens (tertiary/aromatic N) is 1. The molecule has 1 amide bonds. The molecule has 1 unspecified atom stereocenters.